The summed E-state index contributed by atoms with van der Waals surface area (Å²) in [5, 5.41) is 0. The lowest BCUT2D eigenvalue weighted by molar-refractivity contribution is -0.137. The maximum atomic E-state index is 12.8. The minimum Gasteiger partial charge on any atom is -0.303 e. The van der Waals surface area contributed by atoms with Gasteiger partial charge in [-0.3, -0.25) is 0 Å². The summed E-state index contributed by atoms with van der Waals surface area (Å²) in [6, 6.07) is 15.0. The van der Waals surface area contributed by atoms with Gasteiger partial charge in [0.15, 0.2) is 0 Å². The van der Waals surface area contributed by atoms with Crippen molar-refractivity contribution in [3.8, 4) is 0 Å². The van der Waals surface area contributed by atoms with Crippen LogP contribution in [0.1, 0.15) is 74.1 Å². The van der Waals surface area contributed by atoms with Crippen LogP contribution < -0.4 is 0 Å². The Hall–Kier alpha value is -1.81. The first-order chi connectivity index (χ1) is 15.4. The second-order valence-corrected chi connectivity index (χ2v) is 9.98. The lowest BCUT2D eigenvalue weighted by atomic mass is 9.62. The lowest BCUT2D eigenvalue weighted by Crippen LogP contribution is -2.42. The Bertz CT molecular complexity index is 850. The summed E-state index contributed by atoms with van der Waals surface area (Å²) in [5.74, 6) is 0.646. The molecule has 0 radical (unpaired) electrons. The number of benzene rings is 2. The predicted octanol–water partition coefficient (Wildman–Crippen LogP) is 7.42. The zero-order chi connectivity index (χ0) is 22.6. The van der Waals surface area contributed by atoms with Crippen LogP contribution in [-0.4, -0.2) is 24.5 Å². The fraction of sp³-hybridized carbons (Fsp3) is 0.571. The lowest BCUT2D eigenvalue weighted by Gasteiger charge is -2.45. The van der Waals surface area contributed by atoms with Gasteiger partial charge in [0.25, 0.3) is 0 Å². The smallest absolute Gasteiger partial charge is 0.303 e. The van der Waals surface area contributed by atoms with E-state index in [1.807, 2.05) is 0 Å². The Morgan fingerprint density at radius 2 is 1.62 bits per heavy atom. The first-order valence-electron chi connectivity index (χ1n) is 12.4. The number of rotatable bonds is 8. The minimum atomic E-state index is -4.25. The molecular formula is C28H36F3N. The summed E-state index contributed by atoms with van der Waals surface area (Å²) in [7, 11) is 0. The van der Waals surface area contributed by atoms with Crippen LogP contribution in [0.5, 0.6) is 0 Å². The Labute approximate surface area is 191 Å². The highest BCUT2D eigenvalue weighted by molar-refractivity contribution is 5.31. The van der Waals surface area contributed by atoms with Gasteiger partial charge < -0.3 is 4.90 Å². The van der Waals surface area contributed by atoms with E-state index in [2.05, 4.69) is 36.1 Å². The number of alkyl halides is 3. The van der Waals surface area contributed by atoms with Crippen LogP contribution >= 0.6 is 0 Å². The molecule has 0 aromatic heterocycles. The molecule has 4 rings (SSSR count). The van der Waals surface area contributed by atoms with Crippen molar-refractivity contribution >= 4 is 0 Å². The third kappa shape index (κ3) is 5.57. The minimum absolute atomic E-state index is 0.374. The summed E-state index contributed by atoms with van der Waals surface area (Å²) in [6.07, 6.45) is 6.43. The summed E-state index contributed by atoms with van der Waals surface area (Å²) < 4.78 is 38.3. The van der Waals surface area contributed by atoms with Crippen LogP contribution in [-0.2, 0) is 24.4 Å². The molecule has 32 heavy (non-hydrogen) atoms. The molecule has 174 valence electrons. The third-order valence-electron chi connectivity index (χ3n) is 7.92. The highest BCUT2D eigenvalue weighted by atomic mass is 19.4. The molecule has 2 fully saturated rings. The van der Waals surface area contributed by atoms with Crippen LogP contribution in [0.2, 0.25) is 0 Å². The number of aryl methyl sites for hydroxylation is 2. The van der Waals surface area contributed by atoms with Crippen LogP contribution in [0.3, 0.4) is 0 Å². The predicted molar refractivity (Wildman–Crippen MR) is 125 cm³/mol. The molecule has 0 amide bonds. The quantitative estimate of drug-likeness (QED) is 0.410. The SMILES string of the molecule is CCc1ccc(C2(CCN3CCCC(CCc4ccc(C(F)(F)F)cc4)C3)CCC2)cc1. The number of hydrogen-bond donors (Lipinski definition) is 0. The van der Waals surface area contributed by atoms with Crippen molar-refractivity contribution in [3.05, 3.63) is 70.8 Å². The maximum Gasteiger partial charge on any atom is 0.416 e. The average molecular weight is 444 g/mol. The Balaban J connectivity index is 1.27. The fourth-order valence-electron chi connectivity index (χ4n) is 5.57. The molecule has 1 nitrogen and oxygen atoms in total. The van der Waals surface area contributed by atoms with Gasteiger partial charge in [0.1, 0.15) is 0 Å². The average Bonchev–Trinajstić information content (AvgIpc) is 2.77. The molecule has 0 spiro atoms. The van der Waals surface area contributed by atoms with Crippen molar-refractivity contribution in [2.75, 3.05) is 19.6 Å². The van der Waals surface area contributed by atoms with Crippen molar-refractivity contribution in [1.29, 1.82) is 0 Å². The second kappa shape index (κ2) is 9.99. The second-order valence-electron chi connectivity index (χ2n) is 9.98. The standard InChI is InChI=1S/C28H36F3N/c1-2-22-8-12-25(13-9-22)27(16-4-17-27)18-20-32-19-3-5-24(21-32)7-6-23-10-14-26(15-11-23)28(29,30)31/h8-15,24H,2-7,16-21H2,1H3. The van der Waals surface area contributed by atoms with E-state index in [9.17, 15) is 13.2 Å². The van der Waals surface area contributed by atoms with Crippen molar-refractivity contribution < 1.29 is 13.2 Å². The van der Waals surface area contributed by atoms with Crippen molar-refractivity contribution in [1.82, 2.24) is 4.90 Å². The molecule has 1 unspecified atom stereocenters. The molecule has 0 N–H and O–H groups in total. The maximum absolute atomic E-state index is 12.8. The Morgan fingerprint density at radius 3 is 2.22 bits per heavy atom. The number of hydrogen-bond acceptors (Lipinski definition) is 1. The first kappa shape index (κ1) is 23.4. The van der Waals surface area contributed by atoms with Gasteiger partial charge in [-0.15, -0.1) is 0 Å². The molecule has 2 aromatic carbocycles. The van der Waals surface area contributed by atoms with E-state index < -0.39 is 11.7 Å². The van der Waals surface area contributed by atoms with Gasteiger partial charge in [-0.1, -0.05) is 49.7 Å². The van der Waals surface area contributed by atoms with Gasteiger partial charge in [0.05, 0.1) is 5.56 Å². The molecule has 1 atom stereocenters. The molecule has 1 heterocycles. The van der Waals surface area contributed by atoms with Crippen LogP contribution in [0, 0.1) is 5.92 Å². The van der Waals surface area contributed by atoms with Gasteiger partial charge >= 0.3 is 6.18 Å². The van der Waals surface area contributed by atoms with Gasteiger partial charge in [-0.2, -0.15) is 13.2 Å². The highest BCUT2D eigenvalue weighted by Crippen LogP contribution is 2.46. The van der Waals surface area contributed by atoms with Gasteiger partial charge in [0.2, 0.25) is 0 Å². The van der Waals surface area contributed by atoms with Crippen LogP contribution in [0.4, 0.5) is 13.2 Å². The van der Waals surface area contributed by atoms with E-state index >= 15 is 0 Å². The molecular weight excluding hydrogens is 407 g/mol. The normalized spacial score (nSPS) is 21.3. The number of nitrogens with zero attached hydrogens (tertiary/aromatic N) is 1. The van der Waals surface area contributed by atoms with Crippen molar-refractivity contribution in [2.24, 2.45) is 5.92 Å². The van der Waals surface area contributed by atoms with E-state index in [4.69, 9.17) is 0 Å². The largest absolute Gasteiger partial charge is 0.416 e. The van der Waals surface area contributed by atoms with E-state index in [1.54, 1.807) is 12.1 Å². The van der Waals surface area contributed by atoms with E-state index in [1.165, 1.54) is 68.3 Å². The zero-order valence-corrected chi connectivity index (χ0v) is 19.3. The molecule has 4 heteroatoms. The summed E-state index contributed by atoms with van der Waals surface area (Å²) in [4.78, 5) is 2.64. The number of halogens is 3. The van der Waals surface area contributed by atoms with E-state index in [0.29, 0.717) is 11.3 Å². The van der Waals surface area contributed by atoms with E-state index in [-0.39, 0.29) is 0 Å². The highest BCUT2D eigenvalue weighted by Gasteiger charge is 2.38. The monoisotopic (exact) mass is 443 g/mol. The van der Waals surface area contributed by atoms with Gasteiger partial charge in [0, 0.05) is 6.54 Å². The summed E-state index contributed by atoms with van der Waals surface area (Å²) in [6.45, 7) is 5.68. The molecule has 1 aliphatic heterocycles. The first-order valence-corrected chi connectivity index (χ1v) is 12.4. The van der Waals surface area contributed by atoms with Crippen molar-refractivity contribution in [3.63, 3.8) is 0 Å². The third-order valence-corrected chi connectivity index (χ3v) is 7.92. The van der Waals surface area contributed by atoms with Crippen LogP contribution in [0.15, 0.2) is 48.5 Å². The van der Waals surface area contributed by atoms with E-state index in [0.717, 1.165) is 37.9 Å². The fourth-order valence-corrected chi connectivity index (χ4v) is 5.57. The Morgan fingerprint density at radius 1 is 0.938 bits per heavy atom. The topological polar surface area (TPSA) is 3.24 Å². The summed E-state index contributed by atoms with van der Waals surface area (Å²) >= 11 is 0. The van der Waals surface area contributed by atoms with Crippen LogP contribution in [0.25, 0.3) is 0 Å². The zero-order valence-electron chi connectivity index (χ0n) is 19.3. The number of likely N-dealkylation sites (tertiary alicyclic amines) is 1. The Kier molecular flexibility index (Phi) is 7.29. The molecule has 0 bridgehead atoms. The molecule has 2 aliphatic rings. The van der Waals surface area contributed by atoms with Gasteiger partial charge in [-0.25, -0.2) is 0 Å². The summed E-state index contributed by atoms with van der Waals surface area (Å²) in [5.41, 5.74) is 3.77. The molecule has 1 aliphatic carbocycles. The molecule has 1 saturated heterocycles. The molecule has 1 saturated carbocycles. The van der Waals surface area contributed by atoms with Gasteiger partial charge in [-0.05, 0) is 105 Å². The van der Waals surface area contributed by atoms with Crippen molar-refractivity contribution in [2.45, 2.75) is 76.3 Å². The number of piperidine rings is 1. The molecule has 2 aromatic rings.